The van der Waals surface area contributed by atoms with Gasteiger partial charge in [0.1, 0.15) is 5.69 Å². The lowest BCUT2D eigenvalue weighted by atomic mass is 10.1. The molecule has 1 aromatic heterocycles. The number of pyridine rings is 1. The topological polar surface area (TPSA) is 42.2 Å². The van der Waals surface area contributed by atoms with Crippen molar-refractivity contribution >= 4 is 0 Å². The van der Waals surface area contributed by atoms with Crippen molar-refractivity contribution in [2.24, 2.45) is 0 Å². The Morgan fingerprint density at radius 3 is 2.39 bits per heavy atom. The number of nitrogens with zero attached hydrogens (tertiary/aromatic N) is 1. The van der Waals surface area contributed by atoms with Gasteiger partial charge in [-0.05, 0) is 30.2 Å². The number of halogens is 2. The fourth-order valence-electron chi connectivity index (χ4n) is 1.73. The van der Waals surface area contributed by atoms with Gasteiger partial charge in [-0.3, -0.25) is 9.36 Å². The molecule has 0 atom stereocenters. The summed E-state index contributed by atoms with van der Waals surface area (Å²) in [5.41, 5.74) is -0.562. The van der Waals surface area contributed by atoms with Gasteiger partial charge < -0.3 is 5.11 Å². The first-order valence-corrected chi connectivity index (χ1v) is 5.40. The Bertz CT molecular complexity index is 599. The third kappa shape index (κ3) is 2.31. The van der Waals surface area contributed by atoms with Crippen molar-refractivity contribution in [3.63, 3.8) is 0 Å². The molecular formula is C13H11F2NO2. The molecule has 0 unspecified atom stereocenters. The standard InChI is InChI=1S/C13H11F2NO2/c14-10-7-9(4-6-17)8-11(15)13(10)16-5-2-1-3-12(16)18/h1-3,5,7-8,17H,4,6H2. The minimum absolute atomic E-state index is 0.164. The summed E-state index contributed by atoms with van der Waals surface area (Å²) in [6.45, 7) is -0.191. The summed E-state index contributed by atoms with van der Waals surface area (Å²) >= 11 is 0. The number of aliphatic hydroxyl groups excluding tert-OH is 1. The van der Waals surface area contributed by atoms with Crippen LogP contribution in [0.15, 0.2) is 41.3 Å². The Hall–Kier alpha value is -2.01. The van der Waals surface area contributed by atoms with Gasteiger partial charge in [0.15, 0.2) is 11.6 Å². The zero-order valence-electron chi connectivity index (χ0n) is 9.44. The van der Waals surface area contributed by atoms with E-state index in [2.05, 4.69) is 0 Å². The first kappa shape index (κ1) is 12.4. The highest BCUT2D eigenvalue weighted by Crippen LogP contribution is 2.18. The summed E-state index contributed by atoms with van der Waals surface area (Å²) in [6, 6.07) is 6.47. The number of aliphatic hydroxyl groups is 1. The highest BCUT2D eigenvalue weighted by atomic mass is 19.1. The van der Waals surface area contributed by atoms with Crippen LogP contribution in [-0.2, 0) is 6.42 Å². The molecule has 0 saturated carbocycles. The van der Waals surface area contributed by atoms with Crippen LogP contribution in [0.2, 0.25) is 0 Å². The fourth-order valence-corrected chi connectivity index (χ4v) is 1.73. The maximum absolute atomic E-state index is 13.8. The van der Waals surface area contributed by atoms with E-state index in [1.807, 2.05) is 0 Å². The molecule has 0 amide bonds. The van der Waals surface area contributed by atoms with Crippen LogP contribution in [0.5, 0.6) is 0 Å². The minimum atomic E-state index is -0.827. The second-order valence-corrected chi connectivity index (χ2v) is 3.79. The van der Waals surface area contributed by atoms with Crippen molar-refractivity contribution in [2.45, 2.75) is 6.42 Å². The van der Waals surface area contributed by atoms with E-state index in [1.165, 1.54) is 24.4 Å². The van der Waals surface area contributed by atoms with Crippen molar-refractivity contribution in [1.29, 1.82) is 0 Å². The van der Waals surface area contributed by atoms with Gasteiger partial charge in [-0.2, -0.15) is 0 Å². The predicted octanol–water partition coefficient (Wildman–Crippen LogP) is 1.65. The van der Waals surface area contributed by atoms with Crippen LogP contribution in [0.25, 0.3) is 5.69 Å². The molecule has 2 rings (SSSR count). The molecule has 18 heavy (non-hydrogen) atoms. The minimum Gasteiger partial charge on any atom is -0.396 e. The lowest BCUT2D eigenvalue weighted by molar-refractivity contribution is 0.299. The monoisotopic (exact) mass is 251 g/mol. The number of hydrogen-bond acceptors (Lipinski definition) is 2. The molecular weight excluding hydrogens is 240 g/mol. The molecule has 0 aliphatic carbocycles. The van der Waals surface area contributed by atoms with Gasteiger partial charge in [0.2, 0.25) is 0 Å². The second-order valence-electron chi connectivity index (χ2n) is 3.79. The van der Waals surface area contributed by atoms with Gasteiger partial charge in [0, 0.05) is 18.9 Å². The Morgan fingerprint density at radius 2 is 1.83 bits per heavy atom. The average Bonchev–Trinajstić information content (AvgIpc) is 2.31. The molecule has 2 aromatic rings. The van der Waals surface area contributed by atoms with E-state index in [0.717, 1.165) is 16.7 Å². The highest BCUT2D eigenvalue weighted by molar-refractivity contribution is 5.38. The van der Waals surface area contributed by atoms with Crippen molar-refractivity contribution in [3.05, 3.63) is 64.1 Å². The molecule has 0 bridgehead atoms. The molecule has 0 aliphatic rings. The van der Waals surface area contributed by atoms with Crippen LogP contribution < -0.4 is 5.56 Å². The third-order valence-electron chi connectivity index (χ3n) is 2.54. The molecule has 1 N–H and O–H groups in total. The Balaban J connectivity index is 2.59. The average molecular weight is 251 g/mol. The van der Waals surface area contributed by atoms with Crippen LogP contribution in [0.3, 0.4) is 0 Å². The Kier molecular flexibility index (Phi) is 3.53. The highest BCUT2D eigenvalue weighted by Gasteiger charge is 2.13. The number of hydrogen-bond donors (Lipinski definition) is 1. The van der Waals surface area contributed by atoms with E-state index in [1.54, 1.807) is 0 Å². The third-order valence-corrected chi connectivity index (χ3v) is 2.54. The summed E-state index contributed by atoms with van der Waals surface area (Å²) in [6.07, 6.45) is 1.47. The van der Waals surface area contributed by atoms with Crippen LogP contribution in [0, 0.1) is 11.6 Å². The number of aromatic nitrogens is 1. The second kappa shape index (κ2) is 5.10. The molecule has 1 heterocycles. The van der Waals surface area contributed by atoms with Gasteiger partial charge in [-0.1, -0.05) is 6.07 Å². The maximum atomic E-state index is 13.8. The van der Waals surface area contributed by atoms with Gasteiger partial charge >= 0.3 is 0 Å². The molecule has 0 radical (unpaired) electrons. The molecule has 5 heteroatoms. The quantitative estimate of drug-likeness (QED) is 0.901. The van der Waals surface area contributed by atoms with E-state index < -0.39 is 22.9 Å². The molecule has 0 spiro atoms. The summed E-state index contributed by atoms with van der Waals surface area (Å²) in [4.78, 5) is 11.5. The lowest BCUT2D eigenvalue weighted by Gasteiger charge is -2.09. The van der Waals surface area contributed by atoms with Gasteiger partial charge in [-0.25, -0.2) is 8.78 Å². The smallest absolute Gasteiger partial charge is 0.255 e. The van der Waals surface area contributed by atoms with E-state index in [-0.39, 0.29) is 13.0 Å². The summed E-state index contributed by atoms with van der Waals surface area (Å²) in [5.74, 6) is -1.65. The van der Waals surface area contributed by atoms with E-state index >= 15 is 0 Å². The predicted molar refractivity (Wildman–Crippen MR) is 62.7 cm³/mol. The van der Waals surface area contributed by atoms with Gasteiger partial charge in [0.25, 0.3) is 5.56 Å². The van der Waals surface area contributed by atoms with Gasteiger partial charge in [0.05, 0.1) is 0 Å². The first-order valence-electron chi connectivity index (χ1n) is 5.40. The van der Waals surface area contributed by atoms with Crippen molar-refractivity contribution in [1.82, 2.24) is 4.57 Å². The van der Waals surface area contributed by atoms with E-state index in [0.29, 0.717) is 5.56 Å². The van der Waals surface area contributed by atoms with Crippen molar-refractivity contribution in [2.75, 3.05) is 6.61 Å². The largest absolute Gasteiger partial charge is 0.396 e. The van der Waals surface area contributed by atoms with Crippen LogP contribution in [0.1, 0.15) is 5.56 Å². The summed E-state index contributed by atoms with van der Waals surface area (Å²) in [5, 5.41) is 8.73. The van der Waals surface area contributed by atoms with Crippen LogP contribution in [-0.4, -0.2) is 16.3 Å². The molecule has 0 saturated heterocycles. The number of benzene rings is 1. The van der Waals surface area contributed by atoms with E-state index in [9.17, 15) is 13.6 Å². The zero-order chi connectivity index (χ0) is 13.1. The molecule has 0 fully saturated rings. The molecule has 0 aliphatic heterocycles. The first-order chi connectivity index (χ1) is 8.63. The lowest BCUT2D eigenvalue weighted by Crippen LogP contribution is -2.18. The zero-order valence-corrected chi connectivity index (χ0v) is 9.44. The van der Waals surface area contributed by atoms with Crippen molar-refractivity contribution < 1.29 is 13.9 Å². The van der Waals surface area contributed by atoms with E-state index in [4.69, 9.17) is 5.11 Å². The fraction of sp³-hybridized carbons (Fsp3) is 0.154. The van der Waals surface area contributed by atoms with Gasteiger partial charge in [-0.15, -0.1) is 0 Å². The summed E-state index contributed by atoms with van der Waals surface area (Å²) in [7, 11) is 0. The van der Waals surface area contributed by atoms with Crippen LogP contribution >= 0.6 is 0 Å². The Labute approximate surface area is 102 Å². The molecule has 3 nitrogen and oxygen atoms in total. The summed E-state index contributed by atoms with van der Waals surface area (Å²) < 4.78 is 28.5. The Morgan fingerprint density at radius 1 is 1.17 bits per heavy atom. The number of rotatable bonds is 3. The normalized spacial score (nSPS) is 10.6. The molecule has 94 valence electrons. The van der Waals surface area contributed by atoms with Crippen LogP contribution in [0.4, 0.5) is 8.78 Å². The van der Waals surface area contributed by atoms with Crippen molar-refractivity contribution in [3.8, 4) is 5.69 Å². The molecule has 1 aromatic carbocycles. The SMILES string of the molecule is O=c1ccccn1-c1c(F)cc(CCO)cc1F. The maximum Gasteiger partial charge on any atom is 0.255 e.